The molecule has 7 nitrogen and oxygen atoms in total. The summed E-state index contributed by atoms with van der Waals surface area (Å²) in [7, 11) is 0. The molecule has 0 saturated carbocycles. The van der Waals surface area contributed by atoms with Crippen molar-refractivity contribution in [3.8, 4) is 5.75 Å². The number of hydrogen-bond donors (Lipinski definition) is 3. The number of carbonyl (C=O) groups excluding carboxylic acids is 2. The van der Waals surface area contributed by atoms with Gasteiger partial charge < -0.3 is 15.4 Å². The summed E-state index contributed by atoms with van der Waals surface area (Å²) in [6, 6.07) is 13.4. The molecule has 1 atom stereocenters. The molecule has 0 bridgehead atoms. The molecule has 1 aliphatic heterocycles. The molecular formula is C23H23FN4O3S. The molecule has 0 radical (unpaired) electrons. The molecule has 1 aliphatic rings. The van der Waals surface area contributed by atoms with Crippen LogP contribution in [0.25, 0.3) is 0 Å². The molecule has 32 heavy (non-hydrogen) atoms. The number of hydrogen-bond acceptors (Lipinski definition) is 5. The molecule has 1 aromatic heterocycles. The first-order chi connectivity index (χ1) is 15.6. The number of rotatable bonds is 7. The third kappa shape index (κ3) is 5.82. The molecule has 0 spiro atoms. The van der Waals surface area contributed by atoms with Crippen molar-refractivity contribution in [2.24, 2.45) is 0 Å². The summed E-state index contributed by atoms with van der Waals surface area (Å²) in [5, 5.41) is 10.5. The van der Waals surface area contributed by atoms with Gasteiger partial charge in [-0.25, -0.2) is 14.2 Å². The number of fused-ring (bicyclic) bond motifs is 1. The summed E-state index contributed by atoms with van der Waals surface area (Å²) >= 11 is 1.30. The van der Waals surface area contributed by atoms with E-state index in [2.05, 4.69) is 20.9 Å². The molecule has 2 aromatic carbocycles. The van der Waals surface area contributed by atoms with Gasteiger partial charge in [0.25, 0.3) is 5.91 Å². The van der Waals surface area contributed by atoms with Gasteiger partial charge in [-0.05, 0) is 42.2 Å². The topological polar surface area (TPSA) is 92.4 Å². The van der Waals surface area contributed by atoms with Crippen LogP contribution in [0.1, 0.15) is 23.2 Å². The number of aromatic nitrogens is 1. The van der Waals surface area contributed by atoms with Gasteiger partial charge in [0.15, 0.2) is 11.2 Å². The molecule has 0 saturated heterocycles. The highest BCUT2D eigenvalue weighted by Crippen LogP contribution is 2.27. The second-order valence-corrected chi connectivity index (χ2v) is 8.23. The Morgan fingerprint density at radius 1 is 1.16 bits per heavy atom. The monoisotopic (exact) mass is 454 g/mol. The highest BCUT2D eigenvalue weighted by atomic mass is 32.1. The van der Waals surface area contributed by atoms with Crippen LogP contribution in [-0.2, 0) is 24.2 Å². The SMILES string of the molecule is O=C(NCc1cccc(F)c1)Nc1nc(CCNC(=O)C2CCc3ccccc3O2)cs1. The molecule has 1 unspecified atom stereocenters. The Hall–Kier alpha value is -3.46. The molecule has 3 aromatic rings. The number of carbonyl (C=O) groups is 2. The van der Waals surface area contributed by atoms with Crippen LogP contribution < -0.4 is 20.7 Å². The number of ether oxygens (including phenoxy) is 1. The molecule has 9 heteroatoms. The summed E-state index contributed by atoms with van der Waals surface area (Å²) in [6.07, 6.45) is 1.52. The zero-order chi connectivity index (χ0) is 22.3. The second-order valence-electron chi connectivity index (χ2n) is 7.38. The number of nitrogens with zero attached hydrogens (tertiary/aromatic N) is 1. The van der Waals surface area contributed by atoms with Crippen molar-refractivity contribution in [1.29, 1.82) is 0 Å². The number of anilines is 1. The predicted molar refractivity (Wildman–Crippen MR) is 120 cm³/mol. The minimum atomic E-state index is -0.487. The lowest BCUT2D eigenvalue weighted by Gasteiger charge is -2.25. The Bertz CT molecular complexity index is 1100. The molecule has 4 rings (SSSR count). The normalized spacial score (nSPS) is 14.7. The van der Waals surface area contributed by atoms with Gasteiger partial charge in [-0.1, -0.05) is 30.3 Å². The van der Waals surface area contributed by atoms with Crippen LogP contribution in [0.4, 0.5) is 14.3 Å². The van der Waals surface area contributed by atoms with E-state index in [1.807, 2.05) is 29.6 Å². The summed E-state index contributed by atoms with van der Waals surface area (Å²) in [6.45, 7) is 0.636. The third-order valence-electron chi connectivity index (χ3n) is 5.00. The average Bonchev–Trinajstić information content (AvgIpc) is 3.24. The fourth-order valence-corrected chi connectivity index (χ4v) is 4.13. The van der Waals surface area contributed by atoms with E-state index in [4.69, 9.17) is 4.74 Å². The van der Waals surface area contributed by atoms with E-state index in [9.17, 15) is 14.0 Å². The first-order valence-corrected chi connectivity index (χ1v) is 11.2. The van der Waals surface area contributed by atoms with Crippen molar-refractivity contribution in [1.82, 2.24) is 15.6 Å². The van der Waals surface area contributed by atoms with E-state index >= 15 is 0 Å². The van der Waals surface area contributed by atoms with Gasteiger partial charge in [0.2, 0.25) is 0 Å². The smallest absolute Gasteiger partial charge is 0.321 e. The molecule has 0 aliphatic carbocycles. The number of halogens is 1. The molecule has 166 valence electrons. The second kappa shape index (κ2) is 10.2. The third-order valence-corrected chi connectivity index (χ3v) is 5.81. The van der Waals surface area contributed by atoms with Gasteiger partial charge in [-0.2, -0.15) is 0 Å². The molecular weight excluding hydrogens is 431 g/mol. The Kier molecular flexibility index (Phi) is 6.96. The lowest BCUT2D eigenvalue weighted by atomic mass is 10.0. The summed E-state index contributed by atoms with van der Waals surface area (Å²) in [4.78, 5) is 28.8. The lowest BCUT2D eigenvalue weighted by molar-refractivity contribution is -0.128. The standard InChI is InChI=1S/C23H23FN4O3S/c24-17-6-3-4-15(12-17)13-26-22(30)28-23-27-18(14-32-23)10-11-25-21(29)20-9-8-16-5-1-2-7-19(16)31-20/h1-7,12,14,20H,8-11,13H2,(H,25,29)(H2,26,27,28,30). The number of amides is 3. The molecule has 2 heterocycles. The Labute approximate surface area is 189 Å². The lowest BCUT2D eigenvalue weighted by Crippen LogP contribution is -2.41. The fraction of sp³-hybridized carbons (Fsp3) is 0.261. The van der Waals surface area contributed by atoms with Gasteiger partial charge in [-0.3, -0.25) is 10.1 Å². The largest absolute Gasteiger partial charge is 0.480 e. The Morgan fingerprint density at radius 3 is 2.91 bits per heavy atom. The number of urea groups is 1. The maximum absolute atomic E-state index is 13.2. The highest BCUT2D eigenvalue weighted by molar-refractivity contribution is 7.13. The van der Waals surface area contributed by atoms with E-state index < -0.39 is 12.1 Å². The van der Waals surface area contributed by atoms with Crippen LogP contribution in [0, 0.1) is 5.82 Å². The van der Waals surface area contributed by atoms with Crippen LogP contribution in [0.3, 0.4) is 0 Å². The van der Waals surface area contributed by atoms with Gasteiger partial charge in [0.1, 0.15) is 11.6 Å². The minimum Gasteiger partial charge on any atom is -0.480 e. The van der Waals surface area contributed by atoms with Crippen molar-refractivity contribution in [2.75, 3.05) is 11.9 Å². The van der Waals surface area contributed by atoms with Gasteiger partial charge in [0.05, 0.1) is 5.69 Å². The van der Waals surface area contributed by atoms with Crippen molar-refractivity contribution < 1.29 is 18.7 Å². The van der Waals surface area contributed by atoms with Crippen molar-refractivity contribution in [3.63, 3.8) is 0 Å². The van der Waals surface area contributed by atoms with Crippen LogP contribution in [0.15, 0.2) is 53.9 Å². The van der Waals surface area contributed by atoms with E-state index in [0.29, 0.717) is 30.1 Å². The first-order valence-electron chi connectivity index (χ1n) is 10.3. The molecule has 3 amide bonds. The number of para-hydroxylation sites is 1. The number of benzene rings is 2. The van der Waals surface area contributed by atoms with Gasteiger partial charge >= 0.3 is 6.03 Å². The van der Waals surface area contributed by atoms with Crippen LogP contribution in [0.5, 0.6) is 5.75 Å². The quantitative estimate of drug-likeness (QED) is 0.508. The Balaban J connectivity index is 1.18. The maximum atomic E-state index is 13.2. The highest BCUT2D eigenvalue weighted by Gasteiger charge is 2.25. The summed E-state index contributed by atoms with van der Waals surface area (Å²) in [5.41, 5.74) is 2.56. The molecule has 3 N–H and O–H groups in total. The van der Waals surface area contributed by atoms with Crippen LogP contribution in [0.2, 0.25) is 0 Å². The number of thiazole rings is 1. The zero-order valence-corrected chi connectivity index (χ0v) is 18.1. The van der Waals surface area contributed by atoms with Crippen LogP contribution in [-0.4, -0.2) is 29.6 Å². The fourth-order valence-electron chi connectivity index (χ4n) is 3.39. The Morgan fingerprint density at radius 2 is 2.03 bits per heavy atom. The maximum Gasteiger partial charge on any atom is 0.321 e. The summed E-state index contributed by atoms with van der Waals surface area (Å²) in [5.74, 6) is 0.288. The van der Waals surface area contributed by atoms with E-state index in [-0.39, 0.29) is 18.3 Å². The first kappa shape index (κ1) is 21.8. The van der Waals surface area contributed by atoms with Crippen molar-refractivity contribution >= 4 is 28.4 Å². The zero-order valence-electron chi connectivity index (χ0n) is 17.3. The number of aryl methyl sites for hydroxylation is 1. The molecule has 0 fully saturated rings. The van der Waals surface area contributed by atoms with E-state index in [1.54, 1.807) is 12.1 Å². The van der Waals surface area contributed by atoms with Crippen molar-refractivity contribution in [3.05, 3.63) is 76.5 Å². The van der Waals surface area contributed by atoms with Gasteiger partial charge in [-0.15, -0.1) is 11.3 Å². The van der Waals surface area contributed by atoms with Gasteiger partial charge in [0, 0.05) is 24.9 Å². The predicted octanol–water partition coefficient (Wildman–Crippen LogP) is 3.66. The minimum absolute atomic E-state index is 0.134. The van der Waals surface area contributed by atoms with Crippen LogP contribution >= 0.6 is 11.3 Å². The van der Waals surface area contributed by atoms with E-state index in [0.717, 1.165) is 23.4 Å². The van der Waals surface area contributed by atoms with Crippen molar-refractivity contribution in [2.45, 2.75) is 31.9 Å². The number of nitrogens with one attached hydrogen (secondary N) is 3. The van der Waals surface area contributed by atoms with E-state index in [1.165, 1.54) is 23.5 Å². The average molecular weight is 455 g/mol. The summed E-state index contributed by atoms with van der Waals surface area (Å²) < 4.78 is 19.0.